The first-order valence-electron chi connectivity index (χ1n) is 8.04. The Kier molecular flexibility index (Phi) is 6.09. The van der Waals surface area contributed by atoms with Gasteiger partial charge in [-0.1, -0.05) is 6.07 Å². The van der Waals surface area contributed by atoms with Gasteiger partial charge in [0.2, 0.25) is 0 Å². The highest BCUT2D eigenvalue weighted by Crippen LogP contribution is 2.17. The van der Waals surface area contributed by atoms with E-state index in [4.69, 9.17) is 10.2 Å². The van der Waals surface area contributed by atoms with E-state index in [1.54, 1.807) is 42.2 Å². The Morgan fingerprint density at radius 3 is 2.56 bits per heavy atom. The molecule has 2 amide bonds. The van der Waals surface area contributed by atoms with Crippen LogP contribution in [0.15, 0.2) is 41.0 Å². The monoisotopic (exact) mass is 363 g/mol. The summed E-state index contributed by atoms with van der Waals surface area (Å²) in [5.74, 6) is 0.474. The van der Waals surface area contributed by atoms with E-state index in [0.29, 0.717) is 35.7 Å². The second-order valence-corrected chi connectivity index (χ2v) is 6.06. The number of nitrogens with two attached hydrogens (primary N) is 1. The number of hydrogen-bond donors (Lipinski definition) is 2. The number of piperidine rings is 1. The van der Waals surface area contributed by atoms with Crippen molar-refractivity contribution in [2.24, 2.45) is 0 Å². The Labute approximate surface area is 152 Å². The van der Waals surface area contributed by atoms with Crippen molar-refractivity contribution in [3.8, 4) is 0 Å². The zero-order valence-corrected chi connectivity index (χ0v) is 14.8. The van der Waals surface area contributed by atoms with Gasteiger partial charge in [-0.05, 0) is 44.0 Å². The van der Waals surface area contributed by atoms with E-state index in [2.05, 4.69) is 5.32 Å². The van der Waals surface area contributed by atoms with Crippen LogP contribution in [0.1, 0.15) is 39.3 Å². The molecule has 1 fully saturated rings. The third-order valence-corrected chi connectivity index (χ3v) is 4.35. The number of aryl methyl sites for hydroxylation is 1. The highest BCUT2D eigenvalue weighted by atomic mass is 35.5. The largest absolute Gasteiger partial charge is 0.469 e. The van der Waals surface area contributed by atoms with Crippen LogP contribution in [0.2, 0.25) is 0 Å². The molecule has 3 N–H and O–H groups in total. The number of nitrogens with zero attached hydrogens (tertiary/aromatic N) is 1. The van der Waals surface area contributed by atoms with Crippen molar-refractivity contribution in [2.45, 2.75) is 25.8 Å². The van der Waals surface area contributed by atoms with Crippen LogP contribution in [0.3, 0.4) is 0 Å². The fourth-order valence-electron chi connectivity index (χ4n) is 2.96. The molecule has 7 heteroatoms. The summed E-state index contributed by atoms with van der Waals surface area (Å²) in [4.78, 5) is 26.5. The minimum atomic E-state index is -0.123. The van der Waals surface area contributed by atoms with Gasteiger partial charge in [-0.3, -0.25) is 9.59 Å². The lowest BCUT2D eigenvalue weighted by atomic mass is 10.0. The third kappa shape index (κ3) is 4.33. The van der Waals surface area contributed by atoms with E-state index in [1.807, 2.05) is 0 Å². The van der Waals surface area contributed by atoms with Gasteiger partial charge < -0.3 is 20.4 Å². The molecule has 2 aromatic rings. The van der Waals surface area contributed by atoms with Crippen molar-refractivity contribution in [3.63, 3.8) is 0 Å². The summed E-state index contributed by atoms with van der Waals surface area (Å²) >= 11 is 0. The van der Waals surface area contributed by atoms with E-state index >= 15 is 0 Å². The van der Waals surface area contributed by atoms with Crippen molar-refractivity contribution < 1.29 is 14.0 Å². The Hall–Kier alpha value is -2.47. The first-order chi connectivity index (χ1) is 11.5. The number of benzene rings is 1. The molecule has 0 saturated carbocycles. The number of rotatable bonds is 3. The second-order valence-electron chi connectivity index (χ2n) is 6.06. The maximum Gasteiger partial charge on any atom is 0.255 e. The smallest absolute Gasteiger partial charge is 0.255 e. The molecule has 1 aromatic carbocycles. The van der Waals surface area contributed by atoms with Crippen LogP contribution in [0, 0.1) is 6.92 Å². The van der Waals surface area contributed by atoms with Gasteiger partial charge in [-0.15, -0.1) is 12.4 Å². The lowest BCUT2D eigenvalue weighted by Gasteiger charge is -2.32. The average molecular weight is 364 g/mol. The van der Waals surface area contributed by atoms with Crippen molar-refractivity contribution >= 4 is 29.9 Å². The topological polar surface area (TPSA) is 88.6 Å². The molecule has 0 radical (unpaired) electrons. The van der Waals surface area contributed by atoms with Crippen LogP contribution < -0.4 is 11.1 Å². The molecule has 25 heavy (non-hydrogen) atoms. The molecule has 134 valence electrons. The average Bonchev–Trinajstić information content (AvgIpc) is 3.01. The number of anilines is 1. The predicted octanol–water partition coefficient (Wildman–Crippen LogP) is 2.63. The molecule has 1 saturated heterocycles. The summed E-state index contributed by atoms with van der Waals surface area (Å²) in [5, 5.41) is 3.01. The number of halogens is 1. The summed E-state index contributed by atoms with van der Waals surface area (Å²) in [7, 11) is 0. The Bertz CT molecular complexity index is 752. The number of carbonyl (C=O) groups excluding carboxylic acids is 2. The zero-order chi connectivity index (χ0) is 17.1. The van der Waals surface area contributed by atoms with Gasteiger partial charge in [0, 0.05) is 30.4 Å². The third-order valence-electron chi connectivity index (χ3n) is 4.35. The Morgan fingerprint density at radius 2 is 1.96 bits per heavy atom. The fourth-order valence-corrected chi connectivity index (χ4v) is 2.96. The molecule has 3 rings (SSSR count). The minimum Gasteiger partial charge on any atom is -0.469 e. The van der Waals surface area contributed by atoms with Gasteiger partial charge in [0.05, 0.1) is 11.8 Å². The summed E-state index contributed by atoms with van der Waals surface area (Å²) in [6.07, 6.45) is 2.98. The molecule has 0 bridgehead atoms. The molecule has 1 aliphatic heterocycles. The normalized spacial score (nSPS) is 14.7. The van der Waals surface area contributed by atoms with E-state index in [-0.39, 0.29) is 30.3 Å². The van der Waals surface area contributed by atoms with Crippen LogP contribution in [-0.2, 0) is 0 Å². The molecular weight excluding hydrogens is 342 g/mol. The zero-order valence-electron chi connectivity index (χ0n) is 14.0. The van der Waals surface area contributed by atoms with Crippen LogP contribution in [0.4, 0.5) is 5.69 Å². The van der Waals surface area contributed by atoms with Gasteiger partial charge in [0.15, 0.2) is 0 Å². The van der Waals surface area contributed by atoms with Gasteiger partial charge in [0.25, 0.3) is 11.8 Å². The number of nitrogens with one attached hydrogen (secondary N) is 1. The van der Waals surface area contributed by atoms with E-state index in [9.17, 15) is 9.59 Å². The molecule has 2 heterocycles. The van der Waals surface area contributed by atoms with Crippen molar-refractivity contribution in [1.29, 1.82) is 0 Å². The molecule has 0 unspecified atom stereocenters. The molecule has 1 aromatic heterocycles. The summed E-state index contributed by atoms with van der Waals surface area (Å²) in [6.45, 7) is 2.99. The first kappa shape index (κ1) is 18.9. The number of likely N-dealkylation sites (tertiary alicyclic amines) is 1. The Morgan fingerprint density at radius 1 is 1.24 bits per heavy atom. The first-order valence-corrected chi connectivity index (χ1v) is 8.04. The van der Waals surface area contributed by atoms with E-state index in [0.717, 1.165) is 12.8 Å². The van der Waals surface area contributed by atoms with Crippen LogP contribution in [0.25, 0.3) is 0 Å². The summed E-state index contributed by atoms with van der Waals surface area (Å²) in [5.41, 5.74) is 7.48. The van der Waals surface area contributed by atoms with Gasteiger partial charge in [-0.25, -0.2) is 0 Å². The van der Waals surface area contributed by atoms with Crippen LogP contribution in [-0.4, -0.2) is 35.8 Å². The molecular formula is C18H22ClN3O3. The number of furan rings is 1. The van der Waals surface area contributed by atoms with Crippen LogP contribution in [0.5, 0.6) is 0 Å². The molecule has 1 aliphatic rings. The number of amides is 2. The maximum absolute atomic E-state index is 12.5. The molecule has 0 spiro atoms. The number of hydrogen-bond acceptors (Lipinski definition) is 4. The van der Waals surface area contributed by atoms with Crippen molar-refractivity contribution in [1.82, 2.24) is 10.2 Å². The van der Waals surface area contributed by atoms with Crippen molar-refractivity contribution in [3.05, 3.63) is 53.5 Å². The predicted molar refractivity (Wildman–Crippen MR) is 97.9 cm³/mol. The molecule has 6 nitrogen and oxygen atoms in total. The number of carbonyl (C=O) groups is 2. The lowest BCUT2D eigenvalue weighted by molar-refractivity contribution is 0.0698. The quantitative estimate of drug-likeness (QED) is 0.820. The summed E-state index contributed by atoms with van der Waals surface area (Å²) < 4.78 is 5.16. The fraction of sp³-hybridized carbons (Fsp3) is 0.333. The molecule has 0 aliphatic carbocycles. The standard InChI is InChI=1S/C18H21N3O3.ClH/c1-12-16(7-10-24-12)17(22)20-15-5-8-21(9-6-15)18(23)13-3-2-4-14(19)11-13;/h2-4,7,10-11,15H,5-6,8-9,19H2,1H3,(H,20,22);1H. The maximum atomic E-state index is 12.5. The molecule has 0 atom stereocenters. The summed E-state index contributed by atoms with van der Waals surface area (Å²) in [6, 6.07) is 8.74. The van der Waals surface area contributed by atoms with Gasteiger partial charge in [0.1, 0.15) is 5.76 Å². The van der Waals surface area contributed by atoms with E-state index in [1.165, 1.54) is 6.26 Å². The van der Waals surface area contributed by atoms with Crippen molar-refractivity contribution in [2.75, 3.05) is 18.8 Å². The second kappa shape index (κ2) is 8.07. The lowest BCUT2D eigenvalue weighted by Crippen LogP contribution is -2.46. The highest BCUT2D eigenvalue weighted by molar-refractivity contribution is 5.96. The highest BCUT2D eigenvalue weighted by Gasteiger charge is 2.25. The van der Waals surface area contributed by atoms with Gasteiger partial charge in [-0.2, -0.15) is 0 Å². The number of nitrogen functional groups attached to an aromatic ring is 1. The Balaban J connectivity index is 0.00000225. The van der Waals surface area contributed by atoms with Gasteiger partial charge >= 0.3 is 0 Å². The van der Waals surface area contributed by atoms with E-state index < -0.39 is 0 Å². The SMILES string of the molecule is Cc1occc1C(=O)NC1CCN(C(=O)c2cccc(N)c2)CC1.Cl. The van der Waals surface area contributed by atoms with Crippen LogP contribution >= 0.6 is 12.4 Å². The minimum absolute atomic E-state index is 0.